The highest BCUT2D eigenvalue weighted by atomic mass is 16.5. The standard InChI is InChI=1S/C11H18N2O3/c1-4-11(3,5-6-14)12-10(15)9-7-8(2)16-13-9/h7,14H,4-6H2,1-3H3,(H,12,15). The Hall–Kier alpha value is -1.36. The molecule has 1 rings (SSSR count). The van der Waals surface area contributed by atoms with Crippen LogP contribution < -0.4 is 5.32 Å². The molecule has 0 radical (unpaired) electrons. The molecule has 1 aromatic heterocycles. The summed E-state index contributed by atoms with van der Waals surface area (Å²) in [5.41, 5.74) is -0.131. The molecule has 0 aliphatic rings. The highest BCUT2D eigenvalue weighted by Gasteiger charge is 2.25. The maximum atomic E-state index is 11.8. The molecule has 0 aliphatic heterocycles. The number of hydrogen-bond acceptors (Lipinski definition) is 4. The van der Waals surface area contributed by atoms with Gasteiger partial charge in [-0.25, -0.2) is 0 Å². The van der Waals surface area contributed by atoms with Crippen LogP contribution in [0.4, 0.5) is 0 Å². The Labute approximate surface area is 94.8 Å². The third-order valence-corrected chi connectivity index (χ3v) is 2.72. The van der Waals surface area contributed by atoms with Crippen LogP contribution in [-0.4, -0.2) is 28.3 Å². The highest BCUT2D eigenvalue weighted by Crippen LogP contribution is 2.15. The molecule has 1 heterocycles. The molecule has 0 fully saturated rings. The molecule has 2 N–H and O–H groups in total. The second-order valence-electron chi connectivity index (χ2n) is 4.16. The van der Waals surface area contributed by atoms with Crippen LogP contribution in [0.2, 0.25) is 0 Å². The molecule has 5 heteroatoms. The lowest BCUT2D eigenvalue weighted by atomic mass is 9.95. The number of carbonyl (C=O) groups is 1. The summed E-state index contributed by atoms with van der Waals surface area (Å²) >= 11 is 0. The van der Waals surface area contributed by atoms with Crippen molar-refractivity contribution in [2.75, 3.05) is 6.61 Å². The van der Waals surface area contributed by atoms with Gasteiger partial charge in [-0.05, 0) is 26.7 Å². The molecular weight excluding hydrogens is 208 g/mol. The maximum absolute atomic E-state index is 11.8. The van der Waals surface area contributed by atoms with Crippen LogP contribution in [-0.2, 0) is 0 Å². The van der Waals surface area contributed by atoms with E-state index in [4.69, 9.17) is 9.63 Å². The van der Waals surface area contributed by atoms with Gasteiger partial charge in [-0.2, -0.15) is 0 Å². The van der Waals surface area contributed by atoms with Crippen molar-refractivity contribution < 1.29 is 14.4 Å². The number of aryl methyl sites for hydroxylation is 1. The van der Waals surface area contributed by atoms with Crippen LogP contribution in [0.1, 0.15) is 42.9 Å². The second-order valence-corrected chi connectivity index (χ2v) is 4.16. The predicted molar refractivity (Wildman–Crippen MR) is 59.1 cm³/mol. The summed E-state index contributed by atoms with van der Waals surface area (Å²) in [6, 6.07) is 1.59. The SMILES string of the molecule is CCC(C)(CCO)NC(=O)c1cc(C)on1. The molecule has 0 bridgehead atoms. The molecule has 0 aromatic carbocycles. The van der Waals surface area contributed by atoms with Gasteiger partial charge in [0, 0.05) is 18.2 Å². The van der Waals surface area contributed by atoms with Crippen LogP contribution in [0.3, 0.4) is 0 Å². The lowest BCUT2D eigenvalue weighted by Gasteiger charge is -2.28. The average Bonchev–Trinajstić information content (AvgIpc) is 2.65. The molecule has 5 nitrogen and oxygen atoms in total. The minimum atomic E-state index is -0.404. The molecule has 1 amide bonds. The summed E-state index contributed by atoms with van der Waals surface area (Å²) < 4.78 is 4.83. The molecule has 1 unspecified atom stereocenters. The van der Waals surface area contributed by atoms with Crippen molar-refractivity contribution in [1.82, 2.24) is 10.5 Å². The first-order valence-corrected chi connectivity index (χ1v) is 5.37. The van der Waals surface area contributed by atoms with Crippen molar-refractivity contribution in [2.24, 2.45) is 0 Å². The largest absolute Gasteiger partial charge is 0.396 e. The molecule has 1 atom stereocenters. The van der Waals surface area contributed by atoms with Gasteiger partial charge in [0.25, 0.3) is 5.91 Å². The lowest BCUT2D eigenvalue weighted by molar-refractivity contribution is 0.0877. The molecular formula is C11H18N2O3. The van der Waals surface area contributed by atoms with Crippen molar-refractivity contribution in [3.8, 4) is 0 Å². The molecule has 0 aliphatic carbocycles. The van der Waals surface area contributed by atoms with Gasteiger partial charge in [0.1, 0.15) is 5.76 Å². The Bertz CT molecular complexity index is 362. The van der Waals surface area contributed by atoms with Crippen molar-refractivity contribution in [2.45, 2.75) is 39.2 Å². The predicted octanol–water partition coefficient (Wildman–Crippen LogP) is 1.26. The highest BCUT2D eigenvalue weighted by molar-refractivity contribution is 5.92. The number of aliphatic hydroxyl groups is 1. The van der Waals surface area contributed by atoms with E-state index in [2.05, 4.69) is 10.5 Å². The molecule has 16 heavy (non-hydrogen) atoms. The summed E-state index contributed by atoms with van der Waals surface area (Å²) in [5, 5.41) is 15.4. The van der Waals surface area contributed by atoms with Gasteiger partial charge >= 0.3 is 0 Å². The van der Waals surface area contributed by atoms with Gasteiger partial charge < -0.3 is 14.9 Å². The van der Waals surface area contributed by atoms with E-state index in [-0.39, 0.29) is 18.2 Å². The number of nitrogens with zero attached hydrogens (tertiary/aromatic N) is 1. The summed E-state index contributed by atoms with van der Waals surface area (Å²) in [7, 11) is 0. The average molecular weight is 226 g/mol. The summed E-state index contributed by atoms with van der Waals surface area (Å²) in [4.78, 5) is 11.8. The Morgan fingerprint density at radius 3 is 2.81 bits per heavy atom. The fourth-order valence-corrected chi connectivity index (χ4v) is 1.39. The Morgan fingerprint density at radius 2 is 2.38 bits per heavy atom. The number of aliphatic hydroxyl groups excluding tert-OH is 1. The normalized spacial score (nSPS) is 14.5. The minimum Gasteiger partial charge on any atom is -0.396 e. The first-order valence-electron chi connectivity index (χ1n) is 5.37. The van der Waals surface area contributed by atoms with E-state index in [1.54, 1.807) is 13.0 Å². The monoisotopic (exact) mass is 226 g/mol. The topological polar surface area (TPSA) is 75.4 Å². The van der Waals surface area contributed by atoms with E-state index in [0.29, 0.717) is 12.2 Å². The van der Waals surface area contributed by atoms with Gasteiger partial charge in [-0.1, -0.05) is 12.1 Å². The van der Waals surface area contributed by atoms with E-state index in [9.17, 15) is 4.79 Å². The Balaban J connectivity index is 2.69. The Morgan fingerprint density at radius 1 is 1.69 bits per heavy atom. The first kappa shape index (κ1) is 12.7. The van der Waals surface area contributed by atoms with E-state index < -0.39 is 5.54 Å². The minimum absolute atomic E-state index is 0.0441. The van der Waals surface area contributed by atoms with Gasteiger partial charge in [0.05, 0.1) is 0 Å². The van der Waals surface area contributed by atoms with E-state index in [1.165, 1.54) is 0 Å². The number of aromatic nitrogens is 1. The van der Waals surface area contributed by atoms with Gasteiger partial charge in [0.15, 0.2) is 5.69 Å². The molecule has 0 saturated carbocycles. The van der Waals surface area contributed by atoms with Gasteiger partial charge in [0.2, 0.25) is 0 Å². The van der Waals surface area contributed by atoms with Crippen molar-refractivity contribution in [3.05, 3.63) is 17.5 Å². The van der Waals surface area contributed by atoms with Crippen molar-refractivity contribution >= 4 is 5.91 Å². The fraction of sp³-hybridized carbons (Fsp3) is 0.636. The molecule has 90 valence electrons. The molecule has 0 saturated heterocycles. The van der Waals surface area contributed by atoms with Crippen LogP contribution >= 0.6 is 0 Å². The summed E-state index contributed by atoms with van der Waals surface area (Å²) in [6.07, 6.45) is 1.27. The molecule has 0 spiro atoms. The van der Waals surface area contributed by atoms with E-state index in [0.717, 1.165) is 6.42 Å². The zero-order chi connectivity index (χ0) is 12.2. The molecule has 1 aromatic rings. The number of nitrogens with one attached hydrogen (secondary N) is 1. The zero-order valence-corrected chi connectivity index (χ0v) is 9.91. The van der Waals surface area contributed by atoms with E-state index >= 15 is 0 Å². The summed E-state index contributed by atoms with van der Waals surface area (Å²) in [5.74, 6) is 0.333. The van der Waals surface area contributed by atoms with Gasteiger partial charge in [-0.3, -0.25) is 4.79 Å². The quantitative estimate of drug-likeness (QED) is 0.792. The van der Waals surface area contributed by atoms with E-state index in [1.807, 2.05) is 13.8 Å². The number of carbonyl (C=O) groups excluding carboxylic acids is 1. The second kappa shape index (κ2) is 5.12. The van der Waals surface area contributed by atoms with Crippen LogP contribution in [0.15, 0.2) is 10.6 Å². The number of rotatable bonds is 5. The number of hydrogen-bond donors (Lipinski definition) is 2. The third-order valence-electron chi connectivity index (χ3n) is 2.72. The lowest BCUT2D eigenvalue weighted by Crippen LogP contribution is -2.46. The van der Waals surface area contributed by atoms with Crippen LogP contribution in [0.5, 0.6) is 0 Å². The van der Waals surface area contributed by atoms with Crippen LogP contribution in [0.25, 0.3) is 0 Å². The fourth-order valence-electron chi connectivity index (χ4n) is 1.39. The zero-order valence-electron chi connectivity index (χ0n) is 9.91. The maximum Gasteiger partial charge on any atom is 0.273 e. The van der Waals surface area contributed by atoms with Crippen molar-refractivity contribution in [1.29, 1.82) is 0 Å². The third kappa shape index (κ3) is 3.06. The summed E-state index contributed by atoms with van der Waals surface area (Å²) in [6.45, 7) is 5.64. The smallest absolute Gasteiger partial charge is 0.273 e. The number of amides is 1. The van der Waals surface area contributed by atoms with Crippen molar-refractivity contribution in [3.63, 3.8) is 0 Å². The van der Waals surface area contributed by atoms with Gasteiger partial charge in [-0.15, -0.1) is 0 Å². The van der Waals surface area contributed by atoms with Crippen LogP contribution in [0, 0.1) is 6.92 Å². The Kier molecular flexibility index (Phi) is 4.06. The first-order chi connectivity index (χ1) is 7.50.